The first-order chi connectivity index (χ1) is 13.6. The number of hydrogen-bond donors (Lipinski definition) is 3. The van der Waals surface area contributed by atoms with Crippen LogP contribution in [-0.2, 0) is 4.74 Å². The molecule has 2 heterocycles. The highest BCUT2D eigenvalue weighted by atomic mass is 16.6. The zero-order valence-electron chi connectivity index (χ0n) is 17.9. The second kappa shape index (κ2) is 8.11. The van der Waals surface area contributed by atoms with Crippen molar-refractivity contribution in [2.45, 2.75) is 53.2 Å². The van der Waals surface area contributed by atoms with Crippen molar-refractivity contribution >= 4 is 22.9 Å². The summed E-state index contributed by atoms with van der Waals surface area (Å²) < 4.78 is 5.32. The number of rotatable bonds is 5. The minimum atomic E-state index is -0.527. The third kappa shape index (κ3) is 5.04. The lowest BCUT2D eigenvalue weighted by molar-refractivity contribution is 0.0511. The molecule has 0 aliphatic rings. The highest BCUT2D eigenvalue weighted by molar-refractivity contribution is 5.92. The number of nitrogens with one attached hydrogen (secondary N) is 3. The third-order valence-electron chi connectivity index (χ3n) is 4.52. The predicted octanol–water partition coefficient (Wildman–Crippen LogP) is 4.57. The number of carbonyl (C=O) groups is 1. The summed E-state index contributed by atoms with van der Waals surface area (Å²) in [5.74, 6) is 1.39. The molecule has 0 aliphatic carbocycles. The number of anilines is 1. The summed E-state index contributed by atoms with van der Waals surface area (Å²) in [5, 5.41) is 7.19. The van der Waals surface area contributed by atoms with Crippen LogP contribution in [0.4, 0.5) is 10.6 Å². The summed E-state index contributed by atoms with van der Waals surface area (Å²) in [5.41, 5.74) is 3.38. The first-order valence-electron chi connectivity index (χ1n) is 9.80. The second-order valence-corrected chi connectivity index (χ2v) is 8.29. The monoisotopic (exact) mass is 395 g/mol. The van der Waals surface area contributed by atoms with Crippen molar-refractivity contribution in [1.82, 2.24) is 20.3 Å². The summed E-state index contributed by atoms with van der Waals surface area (Å²) in [6.07, 6.45) is -0.432. The lowest BCUT2D eigenvalue weighted by atomic mass is 10.2. The van der Waals surface area contributed by atoms with Crippen LogP contribution in [0.5, 0.6) is 0 Å². The van der Waals surface area contributed by atoms with Crippen LogP contribution in [0.15, 0.2) is 30.3 Å². The Morgan fingerprint density at radius 3 is 2.52 bits per heavy atom. The Morgan fingerprint density at radius 1 is 1.17 bits per heavy atom. The van der Waals surface area contributed by atoms with Crippen LogP contribution in [0.3, 0.4) is 0 Å². The number of aryl methyl sites for hydroxylation is 2. The van der Waals surface area contributed by atoms with Gasteiger partial charge in [0.15, 0.2) is 5.82 Å². The molecule has 0 saturated carbocycles. The van der Waals surface area contributed by atoms with Gasteiger partial charge in [-0.05, 0) is 47.1 Å². The molecule has 3 rings (SSSR count). The van der Waals surface area contributed by atoms with Gasteiger partial charge in [0.1, 0.15) is 17.1 Å². The standard InChI is InChI=1S/C22H29N5O2/c1-13(24-21(28)29-22(4,5)6)12-23-19-17-14(2)15(3)25-20(17)27-18(26-19)16-10-8-7-9-11-16/h7-11,13H,12H2,1-6H3,(H,24,28)(H2,23,25,26,27)/t13-/m1/s1. The van der Waals surface area contributed by atoms with Crippen LogP contribution in [0.25, 0.3) is 22.4 Å². The van der Waals surface area contributed by atoms with Crippen LogP contribution in [0, 0.1) is 13.8 Å². The Kier molecular flexibility index (Phi) is 5.77. The minimum Gasteiger partial charge on any atom is -0.444 e. The average molecular weight is 396 g/mol. The molecule has 7 heteroatoms. The van der Waals surface area contributed by atoms with Crippen molar-refractivity contribution in [1.29, 1.82) is 0 Å². The third-order valence-corrected chi connectivity index (χ3v) is 4.52. The molecule has 0 bridgehead atoms. The number of hydrogen-bond acceptors (Lipinski definition) is 5. The van der Waals surface area contributed by atoms with Gasteiger partial charge in [0.05, 0.1) is 5.39 Å². The highest BCUT2D eigenvalue weighted by Gasteiger charge is 2.19. The number of ether oxygens (including phenoxy) is 1. The summed E-state index contributed by atoms with van der Waals surface area (Å²) in [6.45, 7) is 12.0. The van der Waals surface area contributed by atoms with E-state index in [0.717, 1.165) is 33.7 Å². The van der Waals surface area contributed by atoms with E-state index in [1.807, 2.05) is 71.9 Å². The van der Waals surface area contributed by atoms with Gasteiger partial charge in [-0.25, -0.2) is 14.8 Å². The first-order valence-corrected chi connectivity index (χ1v) is 9.80. The number of carbonyl (C=O) groups excluding carboxylic acids is 1. The van der Waals surface area contributed by atoms with E-state index >= 15 is 0 Å². The molecule has 0 saturated heterocycles. The summed E-state index contributed by atoms with van der Waals surface area (Å²) in [4.78, 5) is 24.8. The minimum absolute atomic E-state index is 0.143. The van der Waals surface area contributed by atoms with Gasteiger partial charge in [0.2, 0.25) is 0 Å². The quantitative estimate of drug-likeness (QED) is 0.589. The number of aromatic nitrogens is 3. The van der Waals surface area contributed by atoms with Crippen molar-refractivity contribution in [3.05, 3.63) is 41.6 Å². The van der Waals surface area contributed by atoms with E-state index in [1.165, 1.54) is 0 Å². The van der Waals surface area contributed by atoms with E-state index in [4.69, 9.17) is 14.7 Å². The van der Waals surface area contributed by atoms with Gasteiger partial charge in [0.25, 0.3) is 0 Å². The zero-order chi connectivity index (χ0) is 21.2. The zero-order valence-corrected chi connectivity index (χ0v) is 17.9. The van der Waals surface area contributed by atoms with Crippen LogP contribution in [0.1, 0.15) is 39.0 Å². The van der Waals surface area contributed by atoms with E-state index in [1.54, 1.807) is 0 Å². The van der Waals surface area contributed by atoms with Crippen LogP contribution < -0.4 is 10.6 Å². The molecule has 0 aliphatic heterocycles. The van der Waals surface area contributed by atoms with Crippen LogP contribution >= 0.6 is 0 Å². The van der Waals surface area contributed by atoms with Crippen molar-refractivity contribution in [2.24, 2.45) is 0 Å². The maximum absolute atomic E-state index is 12.0. The summed E-state index contributed by atoms with van der Waals surface area (Å²) in [7, 11) is 0. The van der Waals surface area contributed by atoms with Crippen LogP contribution in [-0.4, -0.2) is 39.2 Å². The SMILES string of the molecule is Cc1[nH]c2nc(-c3ccccc3)nc(NC[C@@H](C)NC(=O)OC(C)(C)C)c2c1C. The smallest absolute Gasteiger partial charge is 0.407 e. The molecule has 2 aromatic heterocycles. The van der Waals surface area contributed by atoms with Crippen molar-refractivity contribution < 1.29 is 9.53 Å². The molecule has 1 amide bonds. The topological polar surface area (TPSA) is 91.9 Å². The largest absolute Gasteiger partial charge is 0.444 e. The van der Waals surface area contributed by atoms with Crippen molar-refractivity contribution in [2.75, 3.05) is 11.9 Å². The van der Waals surface area contributed by atoms with Gasteiger partial charge in [-0.3, -0.25) is 0 Å². The van der Waals surface area contributed by atoms with E-state index in [-0.39, 0.29) is 6.04 Å². The van der Waals surface area contributed by atoms with E-state index in [0.29, 0.717) is 12.4 Å². The first kappa shape index (κ1) is 20.6. The van der Waals surface area contributed by atoms with E-state index in [9.17, 15) is 4.79 Å². The maximum Gasteiger partial charge on any atom is 0.407 e. The Labute approximate surface area is 171 Å². The number of fused-ring (bicyclic) bond motifs is 1. The van der Waals surface area contributed by atoms with Gasteiger partial charge < -0.3 is 20.4 Å². The summed E-state index contributed by atoms with van der Waals surface area (Å²) in [6, 6.07) is 9.73. The van der Waals surface area contributed by atoms with Crippen molar-refractivity contribution in [3.63, 3.8) is 0 Å². The molecule has 0 unspecified atom stereocenters. The molecule has 1 aromatic carbocycles. The Hall–Kier alpha value is -3.09. The average Bonchev–Trinajstić information content (AvgIpc) is 2.93. The molecule has 154 valence electrons. The fourth-order valence-electron chi connectivity index (χ4n) is 3.02. The number of amides is 1. The van der Waals surface area contributed by atoms with E-state index < -0.39 is 11.7 Å². The Bertz CT molecular complexity index is 1010. The Morgan fingerprint density at radius 2 is 1.86 bits per heavy atom. The lowest BCUT2D eigenvalue weighted by Crippen LogP contribution is -2.40. The van der Waals surface area contributed by atoms with Gasteiger partial charge >= 0.3 is 6.09 Å². The maximum atomic E-state index is 12.0. The molecule has 0 spiro atoms. The lowest BCUT2D eigenvalue weighted by Gasteiger charge is -2.22. The fraction of sp³-hybridized carbons (Fsp3) is 0.409. The molecular weight excluding hydrogens is 366 g/mol. The molecule has 29 heavy (non-hydrogen) atoms. The van der Waals surface area contributed by atoms with Gasteiger partial charge in [-0.2, -0.15) is 0 Å². The molecule has 1 atom stereocenters. The Balaban J connectivity index is 1.83. The van der Waals surface area contributed by atoms with Gasteiger partial charge in [-0.15, -0.1) is 0 Å². The highest BCUT2D eigenvalue weighted by Crippen LogP contribution is 2.29. The predicted molar refractivity (Wildman–Crippen MR) is 116 cm³/mol. The number of H-pyrrole nitrogens is 1. The van der Waals surface area contributed by atoms with Crippen molar-refractivity contribution in [3.8, 4) is 11.4 Å². The number of aromatic amines is 1. The number of alkyl carbamates (subject to hydrolysis) is 1. The van der Waals surface area contributed by atoms with Crippen LogP contribution in [0.2, 0.25) is 0 Å². The molecule has 3 aromatic rings. The van der Waals surface area contributed by atoms with E-state index in [2.05, 4.69) is 15.6 Å². The molecule has 0 radical (unpaired) electrons. The number of nitrogens with zero attached hydrogens (tertiary/aromatic N) is 2. The molecule has 3 N–H and O–H groups in total. The summed E-state index contributed by atoms with van der Waals surface area (Å²) >= 11 is 0. The number of benzene rings is 1. The molecule has 7 nitrogen and oxygen atoms in total. The fourth-order valence-corrected chi connectivity index (χ4v) is 3.02. The molecular formula is C22H29N5O2. The second-order valence-electron chi connectivity index (χ2n) is 8.29. The molecule has 0 fully saturated rings. The van der Waals surface area contributed by atoms with Gasteiger partial charge in [-0.1, -0.05) is 30.3 Å². The normalized spacial score (nSPS) is 12.6. The van der Waals surface area contributed by atoms with Gasteiger partial charge in [0, 0.05) is 23.8 Å².